The highest BCUT2D eigenvalue weighted by Gasteiger charge is 2.13. The molecule has 0 aliphatic carbocycles. The summed E-state index contributed by atoms with van der Waals surface area (Å²) in [5, 5.41) is 24.0. The molecule has 0 aliphatic rings. The molecule has 2 aromatic rings. The van der Waals surface area contributed by atoms with Crippen LogP contribution in [0.3, 0.4) is 0 Å². The standard InChI is InChI=1S/C11H16N2O3.C7H6FNO2.C4H11NO/c1-9-4-5-10(11(8-9)13(14)15)12-6-3-7-16-2;1-5-2-3-6(8)7(4-5)9(10)11;1-6-4-2-3-5/h4-5,8,12H,3,6-7H2,1-2H3;2-4H,1H3;2-5H2,1H3. The molecule has 0 spiro atoms. The number of nitrogens with two attached hydrogens (primary N) is 1. The van der Waals surface area contributed by atoms with E-state index in [0.717, 1.165) is 37.6 Å². The van der Waals surface area contributed by atoms with E-state index in [9.17, 15) is 24.6 Å². The van der Waals surface area contributed by atoms with Crippen molar-refractivity contribution in [3.8, 4) is 0 Å². The molecule has 0 unspecified atom stereocenters. The Balaban J connectivity index is 0.000000520. The molecule has 0 aliphatic heterocycles. The van der Waals surface area contributed by atoms with Crippen LogP contribution in [0.1, 0.15) is 24.0 Å². The van der Waals surface area contributed by atoms with Crippen LogP contribution in [0.4, 0.5) is 21.5 Å². The van der Waals surface area contributed by atoms with E-state index in [1.165, 1.54) is 12.1 Å². The summed E-state index contributed by atoms with van der Waals surface area (Å²) in [5.74, 6) is -0.791. The summed E-state index contributed by atoms with van der Waals surface area (Å²) in [6, 6.07) is 8.94. The normalized spacial score (nSPS) is 9.76. The van der Waals surface area contributed by atoms with Crippen molar-refractivity contribution in [2.24, 2.45) is 5.73 Å². The van der Waals surface area contributed by atoms with Crippen molar-refractivity contribution in [1.82, 2.24) is 0 Å². The van der Waals surface area contributed by atoms with E-state index in [2.05, 4.69) is 5.32 Å². The van der Waals surface area contributed by atoms with Gasteiger partial charge < -0.3 is 20.5 Å². The van der Waals surface area contributed by atoms with Gasteiger partial charge >= 0.3 is 5.69 Å². The average Bonchev–Trinajstić information content (AvgIpc) is 2.78. The van der Waals surface area contributed by atoms with Gasteiger partial charge in [-0.05, 0) is 56.5 Å². The second-order valence-electron chi connectivity index (χ2n) is 6.90. The molecule has 0 saturated carbocycles. The largest absolute Gasteiger partial charge is 0.385 e. The number of ether oxygens (including phenoxy) is 2. The van der Waals surface area contributed by atoms with Crippen LogP contribution in [0.25, 0.3) is 0 Å². The topological polar surface area (TPSA) is 143 Å². The molecule has 0 bridgehead atoms. The quantitative estimate of drug-likeness (QED) is 0.297. The first-order valence-corrected chi connectivity index (χ1v) is 10.2. The molecule has 0 atom stereocenters. The van der Waals surface area contributed by atoms with Gasteiger partial charge in [-0.25, -0.2) is 0 Å². The fourth-order valence-corrected chi connectivity index (χ4v) is 2.37. The lowest BCUT2D eigenvalue weighted by Gasteiger charge is -2.07. The lowest BCUT2D eigenvalue weighted by atomic mass is 10.2. The van der Waals surface area contributed by atoms with Crippen molar-refractivity contribution in [3.05, 3.63) is 73.6 Å². The Morgan fingerprint density at radius 1 is 0.909 bits per heavy atom. The molecule has 0 amide bonds. The number of aryl methyl sites for hydroxylation is 2. The van der Waals surface area contributed by atoms with Gasteiger partial charge in [-0.1, -0.05) is 12.1 Å². The molecule has 0 saturated heterocycles. The van der Waals surface area contributed by atoms with Crippen LogP contribution >= 0.6 is 0 Å². The number of benzene rings is 2. The Kier molecular flexibility index (Phi) is 15.7. The number of nitro benzene ring substituents is 2. The van der Waals surface area contributed by atoms with E-state index in [4.69, 9.17) is 15.2 Å². The van der Waals surface area contributed by atoms with Crippen LogP contribution in [-0.4, -0.2) is 50.4 Å². The highest BCUT2D eigenvalue weighted by Crippen LogP contribution is 2.25. The van der Waals surface area contributed by atoms with Crippen LogP contribution in [0.15, 0.2) is 36.4 Å². The predicted octanol–water partition coefficient (Wildman–Crippen LogP) is 4.38. The highest BCUT2D eigenvalue weighted by molar-refractivity contribution is 5.62. The summed E-state index contributed by atoms with van der Waals surface area (Å²) in [5.41, 5.74) is 6.91. The summed E-state index contributed by atoms with van der Waals surface area (Å²) < 4.78 is 22.2. The number of nitrogens with one attached hydrogen (secondary N) is 1. The summed E-state index contributed by atoms with van der Waals surface area (Å²) >= 11 is 0. The maximum absolute atomic E-state index is 12.6. The van der Waals surface area contributed by atoms with E-state index in [1.54, 1.807) is 33.3 Å². The Bertz CT molecular complexity index is 863. The van der Waals surface area contributed by atoms with Gasteiger partial charge in [0.25, 0.3) is 5.69 Å². The van der Waals surface area contributed by atoms with Crippen LogP contribution in [0.2, 0.25) is 0 Å². The van der Waals surface area contributed by atoms with Crippen LogP contribution in [0.5, 0.6) is 0 Å². The van der Waals surface area contributed by atoms with Crippen LogP contribution in [-0.2, 0) is 9.47 Å². The number of hydrogen-bond acceptors (Lipinski definition) is 8. The van der Waals surface area contributed by atoms with Crippen molar-refractivity contribution in [2.75, 3.05) is 45.8 Å². The Hall–Kier alpha value is -3.15. The minimum absolute atomic E-state index is 0.123. The van der Waals surface area contributed by atoms with Crippen molar-refractivity contribution in [1.29, 1.82) is 0 Å². The lowest BCUT2D eigenvalue weighted by molar-refractivity contribution is -0.387. The zero-order valence-corrected chi connectivity index (χ0v) is 19.5. The molecule has 2 aromatic carbocycles. The van der Waals surface area contributed by atoms with Gasteiger partial charge in [0.05, 0.1) is 9.85 Å². The first kappa shape index (κ1) is 29.9. The van der Waals surface area contributed by atoms with E-state index in [1.807, 2.05) is 13.0 Å². The number of nitro groups is 2. The number of rotatable bonds is 10. The van der Waals surface area contributed by atoms with Gasteiger partial charge in [-0.15, -0.1) is 0 Å². The van der Waals surface area contributed by atoms with E-state index in [0.29, 0.717) is 24.4 Å². The van der Waals surface area contributed by atoms with Gasteiger partial charge in [0.1, 0.15) is 5.69 Å². The number of methoxy groups -OCH3 is 2. The zero-order chi connectivity index (χ0) is 25.2. The molecule has 184 valence electrons. The fourth-order valence-electron chi connectivity index (χ4n) is 2.37. The third-order valence-corrected chi connectivity index (χ3v) is 4.04. The molecule has 11 heteroatoms. The maximum atomic E-state index is 12.6. The third-order valence-electron chi connectivity index (χ3n) is 4.04. The SMILES string of the molecule is COCCCN.COCCCNc1ccc(C)cc1[N+](=O)[O-].Cc1ccc(F)c([N+](=O)[O-])c1. The molecule has 0 fully saturated rings. The smallest absolute Gasteiger partial charge is 0.305 e. The first-order valence-electron chi connectivity index (χ1n) is 10.2. The summed E-state index contributed by atoms with van der Waals surface area (Å²) in [6.07, 6.45) is 1.79. The third kappa shape index (κ3) is 13.1. The molecular weight excluding hydrogens is 435 g/mol. The molecule has 3 N–H and O–H groups in total. The second kappa shape index (κ2) is 17.4. The molecule has 0 aromatic heterocycles. The fraction of sp³-hybridized carbons (Fsp3) is 0.455. The Labute approximate surface area is 193 Å². The monoisotopic (exact) mass is 468 g/mol. The lowest BCUT2D eigenvalue weighted by Crippen LogP contribution is -2.06. The number of hydrogen-bond donors (Lipinski definition) is 2. The summed E-state index contributed by atoms with van der Waals surface area (Å²) in [4.78, 5) is 19.8. The van der Waals surface area contributed by atoms with E-state index >= 15 is 0 Å². The predicted molar refractivity (Wildman–Crippen MR) is 126 cm³/mol. The minimum atomic E-state index is -0.791. The highest BCUT2D eigenvalue weighted by atomic mass is 19.1. The molecule has 33 heavy (non-hydrogen) atoms. The molecule has 10 nitrogen and oxygen atoms in total. The molecule has 0 radical (unpaired) electrons. The van der Waals surface area contributed by atoms with Crippen LogP contribution < -0.4 is 11.1 Å². The van der Waals surface area contributed by atoms with Crippen molar-refractivity contribution in [3.63, 3.8) is 0 Å². The van der Waals surface area contributed by atoms with E-state index < -0.39 is 16.4 Å². The summed E-state index contributed by atoms with van der Waals surface area (Å²) in [7, 11) is 3.31. The second-order valence-corrected chi connectivity index (χ2v) is 6.90. The van der Waals surface area contributed by atoms with Gasteiger partial charge in [0.2, 0.25) is 5.82 Å². The zero-order valence-electron chi connectivity index (χ0n) is 19.5. The van der Waals surface area contributed by atoms with Gasteiger partial charge in [-0.3, -0.25) is 20.2 Å². The molecule has 2 rings (SSSR count). The van der Waals surface area contributed by atoms with Gasteiger partial charge in [0.15, 0.2) is 0 Å². The molecule has 0 heterocycles. The summed E-state index contributed by atoms with van der Waals surface area (Å²) in [6.45, 7) is 6.34. The Morgan fingerprint density at radius 3 is 1.88 bits per heavy atom. The van der Waals surface area contributed by atoms with Crippen molar-refractivity contribution >= 4 is 17.1 Å². The number of nitrogens with zero attached hydrogens (tertiary/aromatic N) is 2. The average molecular weight is 469 g/mol. The Morgan fingerprint density at radius 2 is 1.42 bits per heavy atom. The van der Waals surface area contributed by atoms with Crippen molar-refractivity contribution in [2.45, 2.75) is 26.7 Å². The number of anilines is 1. The first-order chi connectivity index (χ1) is 15.7. The minimum Gasteiger partial charge on any atom is -0.385 e. The van der Waals surface area contributed by atoms with Crippen LogP contribution in [0, 0.1) is 39.9 Å². The maximum Gasteiger partial charge on any atom is 0.305 e. The molecular formula is C22H33FN4O6. The van der Waals surface area contributed by atoms with Gasteiger partial charge in [-0.2, -0.15) is 4.39 Å². The van der Waals surface area contributed by atoms with E-state index in [-0.39, 0.29) is 10.6 Å². The van der Waals surface area contributed by atoms with Crippen molar-refractivity contribution < 1.29 is 23.7 Å². The number of halogens is 1. The van der Waals surface area contributed by atoms with Gasteiger partial charge in [0, 0.05) is 46.1 Å².